The van der Waals surface area contributed by atoms with Crippen molar-refractivity contribution in [3.05, 3.63) is 34.3 Å². The second-order valence-electron chi connectivity index (χ2n) is 3.16. The van der Waals surface area contributed by atoms with Gasteiger partial charge >= 0.3 is 6.09 Å². The van der Waals surface area contributed by atoms with Crippen molar-refractivity contribution in [1.29, 1.82) is 0 Å². The average Bonchev–Trinajstić information content (AvgIpc) is 2.25. The highest BCUT2D eigenvalue weighted by atomic mass is 79.9. The van der Waals surface area contributed by atoms with E-state index in [1.165, 1.54) is 7.11 Å². The van der Waals surface area contributed by atoms with Gasteiger partial charge < -0.3 is 10.1 Å². The lowest BCUT2D eigenvalue weighted by atomic mass is 10.1. The molecule has 0 spiro atoms. The summed E-state index contributed by atoms with van der Waals surface area (Å²) in [4.78, 5) is 11.2. The number of benzene rings is 1. The zero-order valence-electron chi connectivity index (χ0n) is 8.72. The first-order valence-electron chi connectivity index (χ1n) is 4.51. The molecule has 1 aromatic rings. The zero-order valence-corrected chi connectivity index (χ0v) is 12.6. The molecule has 3 nitrogen and oxygen atoms in total. The Labute approximate surface area is 122 Å². The Morgan fingerprint density at radius 3 is 2.29 bits per heavy atom. The fourth-order valence-electron chi connectivity index (χ4n) is 1.19. The number of carbonyl (C=O) groups excluding carboxylic acids is 1. The molecular formula is C10H9BrCl3NO2. The van der Waals surface area contributed by atoms with Crippen LogP contribution in [0, 0.1) is 0 Å². The Balaban J connectivity index is 2.98. The summed E-state index contributed by atoms with van der Waals surface area (Å²) in [6.45, 7) is 0. The van der Waals surface area contributed by atoms with Gasteiger partial charge in [-0.25, -0.2) is 4.79 Å². The van der Waals surface area contributed by atoms with Gasteiger partial charge in [0.25, 0.3) is 0 Å². The molecule has 0 bridgehead atoms. The summed E-state index contributed by atoms with van der Waals surface area (Å²) >= 11 is 20.8. The fraction of sp³-hybridized carbons (Fsp3) is 0.300. The third-order valence-corrected chi connectivity index (χ3v) is 3.16. The smallest absolute Gasteiger partial charge is 0.407 e. The van der Waals surface area contributed by atoms with Gasteiger partial charge in [0.2, 0.25) is 3.79 Å². The molecule has 0 saturated heterocycles. The van der Waals surface area contributed by atoms with Crippen LogP contribution in [0.4, 0.5) is 4.79 Å². The molecule has 1 N–H and O–H groups in total. The number of carbonyl (C=O) groups is 1. The molecule has 0 aromatic heterocycles. The normalized spacial score (nSPS) is 13.0. The summed E-state index contributed by atoms with van der Waals surface area (Å²) in [6.07, 6.45) is -0.663. The Kier molecular flexibility index (Phi) is 5.38. The van der Waals surface area contributed by atoms with Crippen LogP contribution in [0.25, 0.3) is 0 Å². The van der Waals surface area contributed by atoms with E-state index in [1.54, 1.807) is 24.3 Å². The van der Waals surface area contributed by atoms with Crippen molar-refractivity contribution in [3.8, 4) is 0 Å². The number of alkyl halides is 3. The van der Waals surface area contributed by atoms with Gasteiger partial charge in [-0.1, -0.05) is 62.9 Å². The molecule has 0 fully saturated rings. The van der Waals surface area contributed by atoms with Crippen molar-refractivity contribution >= 4 is 56.8 Å². The highest BCUT2D eigenvalue weighted by Crippen LogP contribution is 2.40. The summed E-state index contributed by atoms with van der Waals surface area (Å²) in [6, 6.07) is 6.28. The quantitative estimate of drug-likeness (QED) is 0.801. The van der Waals surface area contributed by atoms with Crippen LogP contribution in [-0.2, 0) is 4.74 Å². The van der Waals surface area contributed by atoms with Crippen LogP contribution in [0.5, 0.6) is 0 Å². The first-order valence-corrected chi connectivity index (χ1v) is 6.44. The monoisotopic (exact) mass is 359 g/mol. The van der Waals surface area contributed by atoms with Crippen LogP contribution in [0.15, 0.2) is 28.7 Å². The summed E-state index contributed by atoms with van der Waals surface area (Å²) in [5.74, 6) is 0. The molecule has 0 aliphatic carbocycles. The van der Waals surface area contributed by atoms with Crippen molar-refractivity contribution in [2.75, 3.05) is 7.11 Å². The van der Waals surface area contributed by atoms with Crippen LogP contribution in [0.3, 0.4) is 0 Å². The summed E-state index contributed by atoms with van der Waals surface area (Å²) in [5.41, 5.74) is 0.665. The highest BCUT2D eigenvalue weighted by Gasteiger charge is 2.35. The van der Waals surface area contributed by atoms with Gasteiger partial charge in [0.15, 0.2) is 0 Å². The fourth-order valence-corrected chi connectivity index (χ4v) is 1.99. The van der Waals surface area contributed by atoms with Gasteiger partial charge in [-0.2, -0.15) is 0 Å². The third kappa shape index (κ3) is 4.54. The van der Waals surface area contributed by atoms with Crippen molar-refractivity contribution < 1.29 is 9.53 Å². The molecule has 1 atom stereocenters. The van der Waals surface area contributed by atoms with Crippen molar-refractivity contribution in [3.63, 3.8) is 0 Å². The van der Waals surface area contributed by atoms with E-state index in [0.717, 1.165) is 4.47 Å². The molecule has 1 rings (SSSR count). The number of hydrogen-bond acceptors (Lipinski definition) is 2. The SMILES string of the molecule is COC(=O)NC(c1ccc(Br)cc1)C(Cl)(Cl)Cl. The first-order chi connectivity index (χ1) is 7.84. The molecule has 1 unspecified atom stereocenters. The number of alkyl carbamates (subject to hydrolysis) is 1. The van der Waals surface area contributed by atoms with E-state index in [0.29, 0.717) is 5.56 Å². The number of halogens is 4. The van der Waals surface area contributed by atoms with E-state index < -0.39 is 15.9 Å². The minimum absolute atomic E-state index is 0.663. The Hall–Kier alpha value is -0.160. The van der Waals surface area contributed by atoms with Gasteiger partial charge in [-0.15, -0.1) is 0 Å². The maximum absolute atomic E-state index is 11.2. The minimum Gasteiger partial charge on any atom is -0.453 e. The van der Waals surface area contributed by atoms with E-state index in [1.807, 2.05) is 0 Å². The average molecular weight is 361 g/mol. The van der Waals surface area contributed by atoms with Crippen LogP contribution in [-0.4, -0.2) is 17.0 Å². The van der Waals surface area contributed by atoms with Gasteiger partial charge in [0.1, 0.15) is 6.04 Å². The molecule has 0 aliphatic rings. The standard InChI is InChI=1S/C10H9BrCl3NO2/c1-17-9(16)15-8(10(12,13)14)6-2-4-7(11)5-3-6/h2-5,8H,1H3,(H,15,16). The molecular weight excluding hydrogens is 352 g/mol. The second kappa shape index (κ2) is 6.14. The lowest BCUT2D eigenvalue weighted by Gasteiger charge is -2.25. The summed E-state index contributed by atoms with van der Waals surface area (Å²) in [7, 11) is 1.24. The topological polar surface area (TPSA) is 38.3 Å². The molecule has 0 radical (unpaired) electrons. The predicted octanol–water partition coefficient (Wildman–Crippen LogP) is 4.22. The Morgan fingerprint density at radius 1 is 1.35 bits per heavy atom. The van der Waals surface area contributed by atoms with E-state index in [-0.39, 0.29) is 0 Å². The lowest BCUT2D eigenvalue weighted by molar-refractivity contribution is 0.166. The van der Waals surface area contributed by atoms with Crippen LogP contribution >= 0.6 is 50.7 Å². The third-order valence-electron chi connectivity index (χ3n) is 1.98. The number of amides is 1. The van der Waals surface area contributed by atoms with E-state index >= 15 is 0 Å². The Morgan fingerprint density at radius 2 is 1.88 bits per heavy atom. The number of hydrogen-bond donors (Lipinski definition) is 1. The predicted molar refractivity (Wildman–Crippen MR) is 72.7 cm³/mol. The highest BCUT2D eigenvalue weighted by molar-refractivity contribution is 9.10. The molecule has 0 aliphatic heterocycles. The summed E-state index contributed by atoms with van der Waals surface area (Å²) < 4.78 is 3.71. The molecule has 7 heteroatoms. The largest absolute Gasteiger partial charge is 0.453 e. The number of nitrogens with one attached hydrogen (secondary N) is 1. The first kappa shape index (κ1) is 14.9. The van der Waals surface area contributed by atoms with Crippen molar-refractivity contribution in [2.45, 2.75) is 9.83 Å². The Bertz CT molecular complexity index is 392. The molecule has 0 saturated carbocycles. The van der Waals surface area contributed by atoms with E-state index in [2.05, 4.69) is 26.0 Å². The number of ether oxygens (including phenoxy) is 1. The van der Waals surface area contributed by atoms with Crippen molar-refractivity contribution in [1.82, 2.24) is 5.32 Å². The molecule has 1 amide bonds. The van der Waals surface area contributed by atoms with E-state index in [9.17, 15) is 4.79 Å². The minimum atomic E-state index is -1.66. The van der Waals surface area contributed by atoms with Crippen molar-refractivity contribution in [2.24, 2.45) is 0 Å². The van der Waals surface area contributed by atoms with Crippen LogP contribution in [0.1, 0.15) is 11.6 Å². The van der Waals surface area contributed by atoms with Gasteiger partial charge in [0.05, 0.1) is 7.11 Å². The molecule has 17 heavy (non-hydrogen) atoms. The van der Waals surface area contributed by atoms with Crippen LogP contribution in [0.2, 0.25) is 0 Å². The second-order valence-corrected chi connectivity index (χ2v) is 6.45. The molecule has 94 valence electrons. The van der Waals surface area contributed by atoms with Gasteiger partial charge in [0, 0.05) is 4.47 Å². The van der Waals surface area contributed by atoms with Gasteiger partial charge in [-0.05, 0) is 17.7 Å². The van der Waals surface area contributed by atoms with E-state index in [4.69, 9.17) is 34.8 Å². The number of methoxy groups -OCH3 is 1. The van der Waals surface area contributed by atoms with Gasteiger partial charge in [-0.3, -0.25) is 0 Å². The number of rotatable bonds is 2. The van der Waals surface area contributed by atoms with Crippen LogP contribution < -0.4 is 5.32 Å². The zero-order chi connectivity index (χ0) is 13.1. The molecule has 1 aromatic carbocycles. The lowest BCUT2D eigenvalue weighted by Crippen LogP contribution is -2.36. The maximum Gasteiger partial charge on any atom is 0.407 e. The summed E-state index contributed by atoms with van der Waals surface area (Å²) in [5, 5.41) is 2.47. The molecule has 0 heterocycles. The maximum atomic E-state index is 11.2.